The predicted molar refractivity (Wildman–Crippen MR) is 53.9 cm³/mol. The summed E-state index contributed by atoms with van der Waals surface area (Å²) >= 11 is 0. The molecule has 0 aliphatic carbocycles. The Balaban J connectivity index is 2.24. The van der Waals surface area contributed by atoms with Gasteiger partial charge in [-0.25, -0.2) is 13.9 Å². The molecule has 0 unspecified atom stereocenters. The summed E-state index contributed by atoms with van der Waals surface area (Å²) < 4.78 is 49.9. The van der Waals surface area contributed by atoms with E-state index in [1.165, 1.54) is 18.2 Å². The smallest absolute Gasteiger partial charge is 0.236 e. The summed E-state index contributed by atoms with van der Waals surface area (Å²) in [6.45, 7) is -0.875. The van der Waals surface area contributed by atoms with Crippen molar-refractivity contribution in [3.05, 3.63) is 35.6 Å². The number of nitrogens with zero attached hydrogens (tertiary/aromatic N) is 1. The Hall–Kier alpha value is -1.05. The van der Waals surface area contributed by atoms with E-state index in [2.05, 4.69) is 0 Å². The van der Waals surface area contributed by atoms with E-state index in [1.807, 2.05) is 0 Å². The molecule has 16 heavy (non-hydrogen) atoms. The SMILES string of the molecule is NS(=O)(=O)N1CC(F)(c2ccccc2F)C1. The molecule has 4 nitrogen and oxygen atoms in total. The summed E-state index contributed by atoms with van der Waals surface area (Å²) in [5.74, 6) is -0.681. The summed E-state index contributed by atoms with van der Waals surface area (Å²) in [4.78, 5) is 0. The maximum Gasteiger partial charge on any atom is 0.277 e. The highest BCUT2D eigenvalue weighted by Gasteiger charge is 2.50. The molecule has 1 saturated heterocycles. The van der Waals surface area contributed by atoms with Gasteiger partial charge in [0.25, 0.3) is 10.2 Å². The van der Waals surface area contributed by atoms with Gasteiger partial charge in [-0.2, -0.15) is 12.7 Å². The van der Waals surface area contributed by atoms with Gasteiger partial charge in [-0.1, -0.05) is 18.2 Å². The molecule has 0 atom stereocenters. The van der Waals surface area contributed by atoms with Gasteiger partial charge in [-0.15, -0.1) is 0 Å². The molecular formula is C9H10F2N2O2S. The average molecular weight is 248 g/mol. The number of halogens is 2. The van der Waals surface area contributed by atoms with Crippen LogP contribution >= 0.6 is 0 Å². The quantitative estimate of drug-likeness (QED) is 0.828. The van der Waals surface area contributed by atoms with E-state index < -0.39 is 34.8 Å². The number of hydrogen-bond acceptors (Lipinski definition) is 2. The van der Waals surface area contributed by atoms with E-state index in [-0.39, 0.29) is 5.56 Å². The van der Waals surface area contributed by atoms with Crippen LogP contribution in [-0.4, -0.2) is 25.8 Å². The van der Waals surface area contributed by atoms with Crippen molar-refractivity contribution < 1.29 is 17.2 Å². The lowest BCUT2D eigenvalue weighted by Gasteiger charge is -2.42. The topological polar surface area (TPSA) is 63.4 Å². The van der Waals surface area contributed by atoms with Gasteiger partial charge in [0, 0.05) is 5.56 Å². The van der Waals surface area contributed by atoms with Gasteiger partial charge in [0.15, 0.2) is 5.67 Å². The van der Waals surface area contributed by atoms with Gasteiger partial charge in [0.1, 0.15) is 5.82 Å². The molecule has 1 aliphatic heterocycles. The van der Waals surface area contributed by atoms with Crippen LogP contribution in [0.4, 0.5) is 8.78 Å². The monoisotopic (exact) mass is 248 g/mol. The summed E-state index contributed by atoms with van der Waals surface area (Å²) in [5.41, 5.74) is -2.10. The van der Waals surface area contributed by atoms with E-state index in [9.17, 15) is 17.2 Å². The molecule has 1 aromatic carbocycles. The average Bonchev–Trinajstić information content (AvgIpc) is 2.12. The van der Waals surface area contributed by atoms with Gasteiger partial charge < -0.3 is 0 Å². The van der Waals surface area contributed by atoms with Crippen LogP contribution in [0.3, 0.4) is 0 Å². The summed E-state index contributed by atoms with van der Waals surface area (Å²) in [6, 6.07) is 5.38. The molecule has 0 bridgehead atoms. The van der Waals surface area contributed by atoms with Crippen LogP contribution in [0, 0.1) is 5.82 Å². The number of benzene rings is 1. The third-order valence-corrected chi connectivity index (χ3v) is 3.55. The number of nitrogens with two attached hydrogens (primary N) is 1. The molecule has 1 aromatic rings. The Morgan fingerprint density at radius 3 is 2.38 bits per heavy atom. The molecule has 0 spiro atoms. The first-order valence-corrected chi connectivity index (χ1v) is 6.05. The van der Waals surface area contributed by atoms with Crippen LogP contribution in [0.2, 0.25) is 0 Å². The van der Waals surface area contributed by atoms with Crippen molar-refractivity contribution in [2.24, 2.45) is 5.14 Å². The van der Waals surface area contributed by atoms with E-state index in [1.54, 1.807) is 0 Å². The molecule has 0 radical (unpaired) electrons. The highest BCUT2D eigenvalue weighted by molar-refractivity contribution is 7.86. The predicted octanol–water partition coefficient (Wildman–Crippen LogP) is 0.510. The van der Waals surface area contributed by atoms with E-state index in [4.69, 9.17) is 5.14 Å². The maximum atomic E-state index is 14.1. The molecule has 7 heteroatoms. The first-order chi connectivity index (χ1) is 7.33. The first kappa shape index (κ1) is 11.4. The lowest BCUT2D eigenvalue weighted by Crippen LogP contribution is -2.60. The Morgan fingerprint density at radius 1 is 1.31 bits per heavy atom. The molecule has 1 aliphatic rings. The molecule has 1 heterocycles. The fourth-order valence-electron chi connectivity index (χ4n) is 1.69. The van der Waals surface area contributed by atoms with Crippen molar-refractivity contribution in [1.29, 1.82) is 0 Å². The van der Waals surface area contributed by atoms with Crippen LogP contribution in [0.25, 0.3) is 0 Å². The molecule has 2 N–H and O–H groups in total. The summed E-state index contributed by atoms with van der Waals surface area (Å²) in [5, 5.41) is 4.82. The molecule has 1 fully saturated rings. The van der Waals surface area contributed by atoms with Crippen LogP contribution in [0.1, 0.15) is 5.56 Å². The van der Waals surface area contributed by atoms with Gasteiger partial charge in [0.05, 0.1) is 13.1 Å². The Kier molecular flexibility index (Phi) is 2.48. The van der Waals surface area contributed by atoms with Crippen LogP contribution in [0.5, 0.6) is 0 Å². The number of hydrogen-bond donors (Lipinski definition) is 1. The zero-order chi connectivity index (χ0) is 12.0. The summed E-state index contributed by atoms with van der Waals surface area (Å²) in [6.07, 6.45) is 0. The van der Waals surface area contributed by atoms with Crippen molar-refractivity contribution in [3.63, 3.8) is 0 Å². The third-order valence-electron chi connectivity index (χ3n) is 2.57. The second kappa shape index (κ2) is 3.47. The van der Waals surface area contributed by atoms with Gasteiger partial charge in [0.2, 0.25) is 0 Å². The molecule has 0 aromatic heterocycles. The second-order valence-electron chi connectivity index (χ2n) is 3.76. The molecular weight excluding hydrogens is 238 g/mol. The van der Waals surface area contributed by atoms with Crippen molar-refractivity contribution >= 4 is 10.2 Å². The third kappa shape index (κ3) is 1.81. The van der Waals surface area contributed by atoms with Crippen molar-refractivity contribution in [2.75, 3.05) is 13.1 Å². The van der Waals surface area contributed by atoms with Crippen LogP contribution in [-0.2, 0) is 15.9 Å². The maximum absolute atomic E-state index is 14.1. The zero-order valence-corrected chi connectivity index (χ0v) is 9.05. The van der Waals surface area contributed by atoms with Crippen LogP contribution < -0.4 is 5.14 Å². The van der Waals surface area contributed by atoms with Crippen molar-refractivity contribution in [3.8, 4) is 0 Å². The minimum atomic E-state index is -3.89. The standard InChI is InChI=1S/C9H10F2N2O2S/c10-8-4-2-1-3-7(8)9(11)5-13(6-9)16(12,14)15/h1-4H,5-6H2,(H2,12,14,15). The zero-order valence-electron chi connectivity index (χ0n) is 8.23. The first-order valence-electron chi connectivity index (χ1n) is 4.55. The molecule has 88 valence electrons. The Bertz CT molecular complexity index is 512. The lowest BCUT2D eigenvalue weighted by atomic mass is 9.90. The molecule has 2 rings (SSSR count). The Morgan fingerprint density at radius 2 is 1.88 bits per heavy atom. The summed E-state index contributed by atoms with van der Waals surface area (Å²) in [7, 11) is -3.89. The van der Waals surface area contributed by atoms with Gasteiger partial charge >= 0.3 is 0 Å². The van der Waals surface area contributed by atoms with Gasteiger partial charge in [-0.05, 0) is 6.07 Å². The largest absolute Gasteiger partial charge is 0.277 e. The molecule has 0 amide bonds. The van der Waals surface area contributed by atoms with E-state index >= 15 is 0 Å². The molecule has 0 saturated carbocycles. The van der Waals surface area contributed by atoms with Crippen molar-refractivity contribution in [2.45, 2.75) is 5.67 Å². The van der Waals surface area contributed by atoms with E-state index in [0.29, 0.717) is 0 Å². The highest BCUT2D eigenvalue weighted by Crippen LogP contribution is 2.38. The lowest BCUT2D eigenvalue weighted by molar-refractivity contribution is 0.0148. The minimum Gasteiger partial charge on any atom is -0.236 e. The van der Waals surface area contributed by atoms with Crippen molar-refractivity contribution in [1.82, 2.24) is 4.31 Å². The Labute approximate surface area is 91.8 Å². The number of alkyl halides is 1. The second-order valence-corrected chi connectivity index (χ2v) is 5.30. The fraction of sp³-hybridized carbons (Fsp3) is 0.333. The normalized spacial score (nSPS) is 20.4. The van der Waals surface area contributed by atoms with E-state index in [0.717, 1.165) is 10.4 Å². The van der Waals surface area contributed by atoms with Gasteiger partial charge in [-0.3, -0.25) is 0 Å². The fourth-order valence-corrected chi connectivity index (χ4v) is 2.46. The number of rotatable bonds is 2. The minimum absolute atomic E-state index is 0.130. The highest BCUT2D eigenvalue weighted by atomic mass is 32.2. The van der Waals surface area contributed by atoms with Crippen LogP contribution in [0.15, 0.2) is 24.3 Å².